The largest absolute Gasteiger partial charge is 0.467 e. The van der Waals surface area contributed by atoms with Crippen LogP contribution in [0, 0.1) is 5.92 Å². The number of hydrogen-bond donors (Lipinski definition) is 2. The van der Waals surface area contributed by atoms with Gasteiger partial charge < -0.3 is 15.4 Å². The molecule has 0 aromatic rings. The molecule has 2 unspecified atom stereocenters. The van der Waals surface area contributed by atoms with Crippen molar-refractivity contribution in [3.8, 4) is 0 Å². The lowest BCUT2D eigenvalue weighted by Gasteiger charge is -2.13. The summed E-state index contributed by atoms with van der Waals surface area (Å²) in [5, 5.41) is 5.81. The van der Waals surface area contributed by atoms with Crippen LogP contribution in [0.4, 0.5) is 0 Å². The number of ether oxygens (including phenoxy) is 1. The lowest BCUT2D eigenvalue weighted by Crippen LogP contribution is -2.39. The predicted octanol–water partition coefficient (Wildman–Crippen LogP) is -0.336. The molecule has 1 rings (SSSR count). The molecule has 0 spiro atoms. The summed E-state index contributed by atoms with van der Waals surface area (Å²) >= 11 is 0. The van der Waals surface area contributed by atoms with E-state index in [1.807, 2.05) is 0 Å². The number of carbonyl (C=O) groups is 2. The highest BCUT2D eigenvalue weighted by Crippen LogP contribution is 2.11. The second-order valence-electron chi connectivity index (χ2n) is 3.88. The molecule has 1 aliphatic heterocycles. The molecule has 1 fully saturated rings. The van der Waals surface area contributed by atoms with Gasteiger partial charge in [-0.3, -0.25) is 4.79 Å². The molecular formula is C10H18N2O3. The van der Waals surface area contributed by atoms with Crippen molar-refractivity contribution in [1.29, 1.82) is 0 Å². The molecular weight excluding hydrogens is 196 g/mol. The molecule has 0 bridgehead atoms. The summed E-state index contributed by atoms with van der Waals surface area (Å²) in [5.41, 5.74) is 0. The first-order chi connectivity index (χ1) is 7.13. The minimum atomic E-state index is -0.558. The SMILES string of the molecule is COC(=O)C(C)NC(=O)CC1CCNC1. The Labute approximate surface area is 89.6 Å². The number of esters is 1. The Morgan fingerprint density at radius 3 is 2.87 bits per heavy atom. The monoisotopic (exact) mass is 214 g/mol. The van der Waals surface area contributed by atoms with Gasteiger partial charge in [0.05, 0.1) is 7.11 Å². The zero-order valence-electron chi connectivity index (χ0n) is 9.21. The molecule has 86 valence electrons. The quantitative estimate of drug-likeness (QED) is 0.628. The maximum absolute atomic E-state index is 11.5. The fourth-order valence-electron chi connectivity index (χ4n) is 1.69. The molecule has 2 N–H and O–H groups in total. The summed E-state index contributed by atoms with van der Waals surface area (Å²) in [4.78, 5) is 22.5. The van der Waals surface area contributed by atoms with Crippen molar-refractivity contribution in [3.63, 3.8) is 0 Å². The van der Waals surface area contributed by atoms with E-state index < -0.39 is 12.0 Å². The Morgan fingerprint density at radius 1 is 1.60 bits per heavy atom. The molecule has 0 aromatic heterocycles. The van der Waals surface area contributed by atoms with Crippen molar-refractivity contribution in [2.24, 2.45) is 5.92 Å². The van der Waals surface area contributed by atoms with Crippen LogP contribution in [-0.2, 0) is 14.3 Å². The smallest absolute Gasteiger partial charge is 0.328 e. The van der Waals surface area contributed by atoms with Crippen LogP contribution in [0.2, 0.25) is 0 Å². The second kappa shape index (κ2) is 5.70. The highest BCUT2D eigenvalue weighted by Gasteiger charge is 2.21. The van der Waals surface area contributed by atoms with Crippen LogP contribution in [0.3, 0.4) is 0 Å². The summed E-state index contributed by atoms with van der Waals surface area (Å²) < 4.78 is 4.52. The summed E-state index contributed by atoms with van der Waals surface area (Å²) in [6, 6.07) is -0.558. The third-order valence-electron chi connectivity index (χ3n) is 2.57. The number of carbonyl (C=O) groups excluding carboxylic acids is 2. The van der Waals surface area contributed by atoms with Crippen LogP contribution in [0.5, 0.6) is 0 Å². The van der Waals surface area contributed by atoms with Crippen molar-refractivity contribution in [2.45, 2.75) is 25.8 Å². The van der Waals surface area contributed by atoms with Gasteiger partial charge in [0, 0.05) is 6.42 Å². The van der Waals surface area contributed by atoms with Crippen LogP contribution in [0.1, 0.15) is 19.8 Å². The minimum absolute atomic E-state index is 0.0819. The standard InChI is InChI=1S/C10H18N2O3/c1-7(10(14)15-2)12-9(13)5-8-3-4-11-6-8/h7-8,11H,3-6H2,1-2H3,(H,12,13). The molecule has 1 aliphatic rings. The highest BCUT2D eigenvalue weighted by atomic mass is 16.5. The van der Waals surface area contributed by atoms with Gasteiger partial charge >= 0.3 is 5.97 Å². The molecule has 5 heteroatoms. The topological polar surface area (TPSA) is 67.4 Å². The maximum Gasteiger partial charge on any atom is 0.328 e. The van der Waals surface area contributed by atoms with Crippen LogP contribution in [-0.4, -0.2) is 38.1 Å². The average molecular weight is 214 g/mol. The summed E-state index contributed by atoms with van der Waals surface area (Å²) in [6.45, 7) is 3.49. The van der Waals surface area contributed by atoms with Gasteiger partial charge in [-0.25, -0.2) is 4.79 Å². The first kappa shape index (κ1) is 12.0. The summed E-state index contributed by atoms with van der Waals surface area (Å²) in [5.74, 6) is -0.0932. The number of hydrogen-bond acceptors (Lipinski definition) is 4. The van der Waals surface area contributed by atoms with E-state index in [4.69, 9.17) is 0 Å². The molecule has 0 aliphatic carbocycles. The van der Waals surface area contributed by atoms with Gasteiger partial charge in [0.15, 0.2) is 0 Å². The van der Waals surface area contributed by atoms with Crippen molar-refractivity contribution in [1.82, 2.24) is 10.6 Å². The molecule has 0 radical (unpaired) electrons. The maximum atomic E-state index is 11.5. The van der Waals surface area contributed by atoms with E-state index in [1.165, 1.54) is 7.11 Å². The molecule has 1 saturated heterocycles. The lowest BCUT2D eigenvalue weighted by molar-refractivity contribution is -0.144. The van der Waals surface area contributed by atoms with E-state index in [1.54, 1.807) is 6.92 Å². The number of amides is 1. The Bertz CT molecular complexity index is 237. The zero-order chi connectivity index (χ0) is 11.3. The van der Waals surface area contributed by atoms with Gasteiger partial charge in [0.1, 0.15) is 6.04 Å². The summed E-state index contributed by atoms with van der Waals surface area (Å²) in [7, 11) is 1.31. The Balaban J connectivity index is 2.25. The highest BCUT2D eigenvalue weighted by molar-refractivity contribution is 5.84. The van der Waals surface area contributed by atoms with Crippen LogP contribution >= 0.6 is 0 Å². The Kier molecular flexibility index (Phi) is 4.55. The predicted molar refractivity (Wildman–Crippen MR) is 55.2 cm³/mol. The van der Waals surface area contributed by atoms with Crippen LogP contribution in [0.25, 0.3) is 0 Å². The van der Waals surface area contributed by atoms with Crippen LogP contribution in [0.15, 0.2) is 0 Å². The average Bonchev–Trinajstić information content (AvgIpc) is 2.68. The van der Waals surface area contributed by atoms with E-state index >= 15 is 0 Å². The molecule has 0 saturated carbocycles. The van der Waals surface area contributed by atoms with Gasteiger partial charge in [-0.2, -0.15) is 0 Å². The van der Waals surface area contributed by atoms with Crippen molar-refractivity contribution < 1.29 is 14.3 Å². The Hall–Kier alpha value is -1.10. The van der Waals surface area contributed by atoms with E-state index in [9.17, 15) is 9.59 Å². The zero-order valence-corrected chi connectivity index (χ0v) is 9.21. The van der Waals surface area contributed by atoms with Crippen molar-refractivity contribution in [3.05, 3.63) is 0 Å². The van der Waals surface area contributed by atoms with Gasteiger partial charge in [-0.05, 0) is 32.4 Å². The van der Waals surface area contributed by atoms with Gasteiger partial charge in [0.2, 0.25) is 5.91 Å². The fraction of sp³-hybridized carbons (Fsp3) is 0.800. The van der Waals surface area contributed by atoms with E-state index in [0.29, 0.717) is 12.3 Å². The van der Waals surface area contributed by atoms with Crippen molar-refractivity contribution >= 4 is 11.9 Å². The molecule has 5 nitrogen and oxygen atoms in total. The molecule has 1 amide bonds. The Morgan fingerprint density at radius 2 is 2.33 bits per heavy atom. The minimum Gasteiger partial charge on any atom is -0.467 e. The number of rotatable bonds is 4. The molecule has 1 heterocycles. The molecule has 2 atom stereocenters. The first-order valence-electron chi connectivity index (χ1n) is 5.21. The fourth-order valence-corrected chi connectivity index (χ4v) is 1.69. The summed E-state index contributed by atoms with van der Waals surface area (Å²) in [6.07, 6.45) is 1.51. The van der Waals surface area contributed by atoms with Gasteiger partial charge in [0.25, 0.3) is 0 Å². The first-order valence-corrected chi connectivity index (χ1v) is 5.21. The lowest BCUT2D eigenvalue weighted by atomic mass is 10.0. The van der Waals surface area contributed by atoms with E-state index in [0.717, 1.165) is 19.5 Å². The third kappa shape index (κ3) is 3.87. The number of methoxy groups -OCH3 is 1. The van der Waals surface area contributed by atoms with E-state index in [-0.39, 0.29) is 5.91 Å². The normalized spacial score (nSPS) is 22.1. The van der Waals surface area contributed by atoms with Gasteiger partial charge in [-0.15, -0.1) is 0 Å². The molecule has 15 heavy (non-hydrogen) atoms. The second-order valence-corrected chi connectivity index (χ2v) is 3.88. The van der Waals surface area contributed by atoms with Crippen molar-refractivity contribution in [2.75, 3.05) is 20.2 Å². The molecule has 0 aromatic carbocycles. The van der Waals surface area contributed by atoms with E-state index in [2.05, 4.69) is 15.4 Å². The van der Waals surface area contributed by atoms with Gasteiger partial charge in [-0.1, -0.05) is 0 Å². The van der Waals surface area contributed by atoms with Crippen LogP contribution < -0.4 is 10.6 Å². The third-order valence-corrected chi connectivity index (χ3v) is 2.57. The number of nitrogens with one attached hydrogen (secondary N) is 2.